The van der Waals surface area contributed by atoms with Gasteiger partial charge in [0.15, 0.2) is 21.3 Å². The summed E-state index contributed by atoms with van der Waals surface area (Å²) in [5.41, 5.74) is 2.57. The van der Waals surface area contributed by atoms with Crippen molar-refractivity contribution >= 4 is 38.7 Å². The summed E-state index contributed by atoms with van der Waals surface area (Å²) in [4.78, 5) is 18.1. The first-order valence-corrected chi connectivity index (χ1v) is 19.8. The zero-order chi connectivity index (χ0) is 33.6. The van der Waals surface area contributed by atoms with Crippen molar-refractivity contribution in [3.8, 4) is 11.4 Å². The molecule has 0 aliphatic rings. The van der Waals surface area contributed by atoms with Crippen molar-refractivity contribution in [1.29, 1.82) is 0 Å². The Kier molecular flexibility index (Phi) is 15.6. The van der Waals surface area contributed by atoms with Gasteiger partial charge in [-0.05, 0) is 37.1 Å². The Morgan fingerprint density at radius 1 is 0.848 bits per heavy atom. The van der Waals surface area contributed by atoms with Crippen LogP contribution in [-0.4, -0.2) is 45.1 Å². The topological polar surface area (TPSA) is 109 Å². The quantitative estimate of drug-likeness (QED) is 0.103. The molecular formula is C36H58ClN5O3S. The monoisotopic (exact) mass is 675 g/mol. The minimum Gasteiger partial charge on any atom is -0.325 e. The van der Waals surface area contributed by atoms with Crippen LogP contribution >= 0.6 is 11.6 Å². The number of aromatic nitrogens is 4. The van der Waals surface area contributed by atoms with Crippen molar-refractivity contribution in [3.05, 3.63) is 35.0 Å². The van der Waals surface area contributed by atoms with E-state index < -0.39 is 21.0 Å². The van der Waals surface area contributed by atoms with Crippen LogP contribution in [0.15, 0.2) is 24.3 Å². The molecule has 0 spiro atoms. The maximum Gasteiger partial charge on any atom is 0.242 e. The normalized spacial score (nSPS) is 13.0. The average Bonchev–Trinajstić information content (AvgIpc) is 3.57. The van der Waals surface area contributed by atoms with Crippen molar-refractivity contribution < 1.29 is 13.2 Å². The molecule has 0 aliphatic heterocycles. The van der Waals surface area contributed by atoms with Crippen LogP contribution in [0.25, 0.3) is 17.0 Å². The molecule has 3 aromatic rings. The SMILES string of the molecule is CCCCCCCCCCCCC(C(=O)Nc1ccc(-c2nc3c(Cl)c(C(C)(C)C)[nH]n3n2)cc1)S(=O)(=O)CCCCCCCC. The third-order valence-electron chi connectivity index (χ3n) is 8.73. The molecule has 1 atom stereocenters. The number of carbonyl (C=O) groups is 1. The highest BCUT2D eigenvalue weighted by Crippen LogP contribution is 2.32. The standard InChI is InChI=1S/C36H58ClN5O3S/c1-6-8-10-12-14-15-16-17-18-20-22-30(46(44,45)27-21-19-13-11-9-7-2)35(43)38-29-25-23-28(24-26-29)33-39-34-31(37)32(36(3,4)5)40-42(34)41-33/h23-26,30,40H,6-22,27H2,1-5H3,(H,38,43). The van der Waals surface area contributed by atoms with Crippen molar-refractivity contribution in [2.45, 2.75) is 154 Å². The summed E-state index contributed by atoms with van der Waals surface area (Å²) in [6.07, 6.45) is 18.0. The molecule has 0 radical (unpaired) electrons. The number of carbonyl (C=O) groups excluding carboxylic acids is 1. The lowest BCUT2D eigenvalue weighted by molar-refractivity contribution is -0.116. The number of anilines is 1. The summed E-state index contributed by atoms with van der Waals surface area (Å²) in [5, 5.41) is 10.2. The molecule has 8 nitrogen and oxygen atoms in total. The molecule has 0 saturated carbocycles. The molecule has 258 valence electrons. The summed E-state index contributed by atoms with van der Waals surface area (Å²) in [6, 6.07) is 7.18. The number of unbranched alkanes of at least 4 members (excludes halogenated alkanes) is 14. The van der Waals surface area contributed by atoms with Gasteiger partial charge in [0.1, 0.15) is 10.3 Å². The third kappa shape index (κ3) is 11.7. The van der Waals surface area contributed by atoms with Gasteiger partial charge in [-0.25, -0.2) is 13.4 Å². The highest BCUT2D eigenvalue weighted by atomic mass is 35.5. The van der Waals surface area contributed by atoms with Crippen LogP contribution in [0.2, 0.25) is 5.02 Å². The Bertz CT molecular complexity index is 1440. The molecule has 0 fully saturated rings. The molecule has 1 aromatic carbocycles. The van der Waals surface area contributed by atoms with Gasteiger partial charge in [0, 0.05) is 16.7 Å². The summed E-state index contributed by atoms with van der Waals surface area (Å²) in [5.74, 6) is 0.128. The number of sulfone groups is 1. The minimum absolute atomic E-state index is 0.0620. The number of halogens is 1. The number of H-pyrrole nitrogens is 1. The number of benzene rings is 1. The second-order valence-electron chi connectivity index (χ2n) is 13.9. The van der Waals surface area contributed by atoms with Crippen LogP contribution in [0, 0.1) is 0 Å². The van der Waals surface area contributed by atoms with Crippen LogP contribution in [0.4, 0.5) is 5.69 Å². The number of aromatic amines is 1. The molecule has 3 rings (SSSR count). The van der Waals surface area contributed by atoms with Crippen molar-refractivity contribution in [3.63, 3.8) is 0 Å². The van der Waals surface area contributed by atoms with E-state index >= 15 is 0 Å². The number of rotatable bonds is 22. The first-order valence-electron chi connectivity index (χ1n) is 17.8. The Labute approximate surface area is 282 Å². The van der Waals surface area contributed by atoms with E-state index in [1.807, 2.05) is 12.1 Å². The van der Waals surface area contributed by atoms with Gasteiger partial charge >= 0.3 is 0 Å². The molecule has 10 heteroatoms. The second kappa shape index (κ2) is 18.8. The first kappa shape index (κ1) is 38.1. The molecule has 2 aromatic heterocycles. The van der Waals surface area contributed by atoms with Gasteiger partial charge in [-0.2, -0.15) is 4.63 Å². The van der Waals surface area contributed by atoms with Crippen molar-refractivity contribution in [2.24, 2.45) is 0 Å². The van der Waals surface area contributed by atoms with E-state index in [0.29, 0.717) is 35.0 Å². The smallest absolute Gasteiger partial charge is 0.242 e. The van der Waals surface area contributed by atoms with Crippen LogP contribution in [0.5, 0.6) is 0 Å². The lowest BCUT2D eigenvalue weighted by Crippen LogP contribution is -2.36. The first-order chi connectivity index (χ1) is 22.0. The highest BCUT2D eigenvalue weighted by molar-refractivity contribution is 7.92. The van der Waals surface area contributed by atoms with Gasteiger partial charge in [-0.15, -0.1) is 5.10 Å². The largest absolute Gasteiger partial charge is 0.325 e. The van der Waals surface area contributed by atoms with E-state index in [1.54, 1.807) is 16.8 Å². The zero-order valence-corrected chi connectivity index (χ0v) is 30.5. The van der Waals surface area contributed by atoms with E-state index in [1.165, 1.54) is 51.4 Å². The summed E-state index contributed by atoms with van der Waals surface area (Å²) >= 11 is 6.59. The Hall–Kier alpha value is -2.39. The predicted molar refractivity (Wildman–Crippen MR) is 193 cm³/mol. The number of hydrogen-bond donors (Lipinski definition) is 2. The lowest BCUT2D eigenvalue weighted by atomic mass is 9.92. The predicted octanol–water partition coefficient (Wildman–Crippen LogP) is 10.1. The maximum absolute atomic E-state index is 13.5. The van der Waals surface area contributed by atoms with E-state index in [-0.39, 0.29) is 11.2 Å². The van der Waals surface area contributed by atoms with Crippen LogP contribution < -0.4 is 5.32 Å². The number of nitrogens with one attached hydrogen (secondary N) is 2. The molecule has 46 heavy (non-hydrogen) atoms. The lowest BCUT2D eigenvalue weighted by Gasteiger charge is -2.18. The van der Waals surface area contributed by atoms with Gasteiger partial charge in [-0.3, -0.25) is 9.89 Å². The van der Waals surface area contributed by atoms with Crippen molar-refractivity contribution in [2.75, 3.05) is 11.1 Å². The Balaban J connectivity index is 1.61. The molecule has 1 unspecified atom stereocenters. The molecule has 2 N–H and O–H groups in total. The Morgan fingerprint density at radius 3 is 1.89 bits per heavy atom. The molecule has 0 saturated heterocycles. The van der Waals surface area contributed by atoms with E-state index in [0.717, 1.165) is 56.2 Å². The van der Waals surface area contributed by atoms with E-state index in [4.69, 9.17) is 11.6 Å². The third-order valence-corrected chi connectivity index (χ3v) is 11.3. The van der Waals surface area contributed by atoms with Gasteiger partial charge in [0.2, 0.25) is 5.91 Å². The fraction of sp³-hybridized carbons (Fsp3) is 0.694. The Morgan fingerprint density at radius 2 is 1.37 bits per heavy atom. The van der Waals surface area contributed by atoms with Crippen LogP contribution in [-0.2, 0) is 20.0 Å². The summed E-state index contributed by atoms with van der Waals surface area (Å²) in [7, 11) is -3.57. The summed E-state index contributed by atoms with van der Waals surface area (Å²) < 4.78 is 28.5. The fourth-order valence-corrected chi connectivity index (χ4v) is 8.11. The van der Waals surface area contributed by atoms with Gasteiger partial charge in [-0.1, -0.05) is 143 Å². The molecular weight excluding hydrogens is 618 g/mol. The molecule has 1 amide bonds. The zero-order valence-electron chi connectivity index (χ0n) is 29.0. The number of nitrogens with zero attached hydrogens (tertiary/aromatic N) is 3. The van der Waals surface area contributed by atoms with Gasteiger partial charge < -0.3 is 5.32 Å². The van der Waals surface area contributed by atoms with Gasteiger partial charge in [0.25, 0.3) is 0 Å². The summed E-state index contributed by atoms with van der Waals surface area (Å²) in [6.45, 7) is 10.6. The molecule has 2 heterocycles. The van der Waals surface area contributed by atoms with E-state index in [2.05, 4.69) is 55.1 Å². The molecule has 0 aliphatic carbocycles. The number of fused-ring (bicyclic) bond motifs is 1. The van der Waals surface area contributed by atoms with E-state index in [9.17, 15) is 13.2 Å². The van der Waals surface area contributed by atoms with Gasteiger partial charge in [0.05, 0.1) is 11.4 Å². The van der Waals surface area contributed by atoms with Crippen LogP contribution in [0.3, 0.4) is 0 Å². The number of hydrogen-bond acceptors (Lipinski definition) is 5. The minimum atomic E-state index is -3.57. The fourth-order valence-electron chi connectivity index (χ4n) is 5.86. The maximum atomic E-state index is 13.5. The second-order valence-corrected chi connectivity index (χ2v) is 16.6. The highest BCUT2D eigenvalue weighted by Gasteiger charge is 2.32. The number of amides is 1. The molecule has 0 bridgehead atoms. The average molecular weight is 676 g/mol. The van der Waals surface area contributed by atoms with Crippen molar-refractivity contribution in [1.82, 2.24) is 19.8 Å². The van der Waals surface area contributed by atoms with Crippen LogP contribution in [0.1, 0.15) is 149 Å².